The van der Waals surface area contributed by atoms with Gasteiger partial charge in [-0.3, -0.25) is 20.2 Å². The number of hydrogen-bond acceptors (Lipinski definition) is 7. The third-order valence-electron chi connectivity index (χ3n) is 3.20. The van der Waals surface area contributed by atoms with E-state index in [2.05, 4.69) is 5.32 Å². The normalized spacial score (nSPS) is 11.5. The number of esters is 1. The number of amides is 3. The lowest BCUT2D eigenvalue weighted by Crippen LogP contribution is -2.46. The molecule has 0 saturated carbocycles. The molecule has 0 bridgehead atoms. The van der Waals surface area contributed by atoms with Gasteiger partial charge in [-0.25, -0.2) is 9.59 Å². The summed E-state index contributed by atoms with van der Waals surface area (Å²) >= 11 is 0. The number of nitrogens with one attached hydrogen (secondary N) is 2. The van der Waals surface area contributed by atoms with Gasteiger partial charge in [-0.2, -0.15) is 0 Å². The number of nitro benzene ring substituents is 1. The summed E-state index contributed by atoms with van der Waals surface area (Å²) < 4.78 is 5.05. The maximum Gasteiger partial charge on any atom is 0.341 e. The zero-order chi connectivity index (χ0) is 20.0. The van der Waals surface area contributed by atoms with Gasteiger partial charge in [0, 0.05) is 32.3 Å². The number of carbonyl (C=O) groups excluding carboxylic acids is 3. The first-order valence-corrected chi connectivity index (χ1v) is 7.81. The average Bonchev–Trinajstić information content (AvgIpc) is 2.52. The Kier molecular flexibility index (Phi) is 7.06. The number of rotatable bonds is 6. The fourth-order valence-electron chi connectivity index (χ4n) is 1.98. The molecule has 142 valence electrons. The second-order valence-electron chi connectivity index (χ2n) is 6.02. The quantitative estimate of drug-likeness (QED) is 0.442. The highest BCUT2D eigenvalue weighted by Gasteiger charge is 2.24. The van der Waals surface area contributed by atoms with Gasteiger partial charge in [-0.05, 0) is 26.8 Å². The third kappa shape index (κ3) is 5.72. The molecule has 1 aromatic carbocycles. The predicted octanol–water partition coefficient (Wildman–Crippen LogP) is 1.44. The van der Waals surface area contributed by atoms with E-state index in [4.69, 9.17) is 4.74 Å². The molecule has 0 spiro atoms. The molecule has 0 aliphatic rings. The van der Waals surface area contributed by atoms with Gasteiger partial charge in [0.2, 0.25) is 0 Å². The first-order valence-electron chi connectivity index (χ1n) is 7.81. The van der Waals surface area contributed by atoms with Gasteiger partial charge in [0.1, 0.15) is 0 Å². The van der Waals surface area contributed by atoms with Crippen LogP contribution in [-0.4, -0.2) is 49.1 Å². The molecule has 1 aromatic rings. The molecule has 10 nitrogen and oxygen atoms in total. The topological polar surface area (TPSA) is 131 Å². The zero-order valence-electron chi connectivity index (χ0n) is 15.2. The van der Waals surface area contributed by atoms with E-state index < -0.39 is 28.9 Å². The lowest BCUT2D eigenvalue weighted by atomic mass is 10.1. The summed E-state index contributed by atoms with van der Waals surface area (Å²) in [5.41, 5.74) is 0.0530. The Bertz CT molecular complexity index is 717. The van der Waals surface area contributed by atoms with E-state index in [1.54, 1.807) is 32.8 Å². The molecule has 0 unspecified atom stereocenters. The van der Waals surface area contributed by atoms with Crippen molar-refractivity contribution < 1.29 is 24.0 Å². The number of urea groups is 1. The summed E-state index contributed by atoms with van der Waals surface area (Å²) in [6.45, 7) is 4.74. The van der Waals surface area contributed by atoms with Gasteiger partial charge in [-0.15, -0.1) is 0 Å². The van der Waals surface area contributed by atoms with Gasteiger partial charge in [0.05, 0.1) is 16.2 Å². The van der Waals surface area contributed by atoms with Crippen LogP contribution in [-0.2, 0) is 9.53 Å². The SMILES string of the molecule is CC(C)NC(=O)NC(=O)[C@H](C)OC(=O)c1cc([N+](=O)[O-])ccc1N(C)C. The highest BCUT2D eigenvalue weighted by atomic mass is 16.6. The number of non-ortho nitro benzene ring substituents is 1. The molecule has 0 saturated heterocycles. The van der Waals surface area contributed by atoms with E-state index in [9.17, 15) is 24.5 Å². The van der Waals surface area contributed by atoms with Crippen LogP contribution in [0.2, 0.25) is 0 Å². The molecule has 26 heavy (non-hydrogen) atoms. The summed E-state index contributed by atoms with van der Waals surface area (Å²) in [6, 6.07) is 2.87. The van der Waals surface area contributed by atoms with E-state index in [1.165, 1.54) is 19.1 Å². The van der Waals surface area contributed by atoms with E-state index in [0.29, 0.717) is 5.69 Å². The maximum atomic E-state index is 12.4. The molecular formula is C16H22N4O6. The number of nitro groups is 1. The largest absolute Gasteiger partial charge is 0.449 e. The molecule has 0 radical (unpaired) electrons. The van der Waals surface area contributed by atoms with E-state index in [-0.39, 0.29) is 17.3 Å². The molecule has 0 fully saturated rings. The smallest absolute Gasteiger partial charge is 0.341 e. The van der Waals surface area contributed by atoms with Gasteiger partial charge in [0.15, 0.2) is 6.10 Å². The summed E-state index contributed by atoms with van der Waals surface area (Å²) in [5.74, 6) is -1.72. The summed E-state index contributed by atoms with van der Waals surface area (Å²) in [5, 5.41) is 15.4. The molecule has 0 aliphatic carbocycles. The molecule has 10 heteroatoms. The van der Waals surface area contributed by atoms with Crippen molar-refractivity contribution in [2.24, 2.45) is 0 Å². The maximum absolute atomic E-state index is 12.4. The van der Waals surface area contributed by atoms with Crippen molar-refractivity contribution >= 4 is 29.3 Å². The highest BCUT2D eigenvalue weighted by Crippen LogP contribution is 2.25. The molecule has 3 amide bonds. The molecular weight excluding hydrogens is 344 g/mol. The van der Waals surface area contributed by atoms with Gasteiger partial charge in [0.25, 0.3) is 11.6 Å². The summed E-state index contributed by atoms with van der Waals surface area (Å²) in [7, 11) is 3.31. The van der Waals surface area contributed by atoms with Gasteiger partial charge in [-0.1, -0.05) is 0 Å². The molecule has 0 aromatic heterocycles. The number of nitrogens with zero attached hydrogens (tertiary/aromatic N) is 2. The van der Waals surface area contributed by atoms with Gasteiger partial charge < -0.3 is 15.0 Å². The van der Waals surface area contributed by atoms with E-state index in [0.717, 1.165) is 6.07 Å². The average molecular weight is 366 g/mol. The number of hydrogen-bond donors (Lipinski definition) is 2. The number of benzene rings is 1. The minimum Gasteiger partial charge on any atom is -0.449 e. The van der Waals surface area contributed by atoms with Crippen LogP contribution in [0.4, 0.5) is 16.2 Å². The molecule has 0 heterocycles. The van der Waals surface area contributed by atoms with Crippen LogP contribution in [0.5, 0.6) is 0 Å². The van der Waals surface area contributed by atoms with Crippen molar-refractivity contribution in [3.63, 3.8) is 0 Å². The zero-order valence-corrected chi connectivity index (χ0v) is 15.2. The van der Waals surface area contributed by atoms with Crippen molar-refractivity contribution in [1.29, 1.82) is 0 Å². The van der Waals surface area contributed by atoms with Crippen molar-refractivity contribution in [2.45, 2.75) is 32.9 Å². The van der Waals surface area contributed by atoms with E-state index in [1.807, 2.05) is 5.32 Å². The first kappa shape index (κ1) is 20.9. The Morgan fingerprint density at radius 1 is 1.19 bits per heavy atom. The molecule has 0 aliphatic heterocycles. The number of ether oxygens (including phenoxy) is 1. The van der Waals surface area contributed by atoms with Crippen LogP contribution in [0, 0.1) is 10.1 Å². The van der Waals surface area contributed by atoms with Crippen LogP contribution in [0.15, 0.2) is 18.2 Å². The van der Waals surface area contributed by atoms with Crippen LogP contribution >= 0.6 is 0 Å². The van der Waals surface area contributed by atoms with Crippen LogP contribution in [0.3, 0.4) is 0 Å². The Labute approximate surface area is 150 Å². The second-order valence-corrected chi connectivity index (χ2v) is 6.02. The monoisotopic (exact) mass is 366 g/mol. The Hall–Kier alpha value is -3.17. The first-order chi connectivity index (χ1) is 12.0. The second kappa shape index (κ2) is 8.79. The summed E-state index contributed by atoms with van der Waals surface area (Å²) in [4.78, 5) is 47.7. The summed E-state index contributed by atoms with van der Waals surface area (Å²) in [6.07, 6.45) is -1.27. The predicted molar refractivity (Wildman–Crippen MR) is 94.1 cm³/mol. The fraction of sp³-hybridized carbons (Fsp3) is 0.438. The van der Waals surface area contributed by atoms with Crippen molar-refractivity contribution in [1.82, 2.24) is 10.6 Å². The van der Waals surface area contributed by atoms with Crippen LogP contribution in [0.25, 0.3) is 0 Å². The minimum absolute atomic E-state index is 0.0597. The standard InChI is InChI=1S/C16H22N4O6/c1-9(2)17-16(23)18-14(21)10(3)26-15(22)12-8-11(20(24)25)6-7-13(12)19(4)5/h6-10H,1-5H3,(H2,17,18,21,23)/t10-/m0/s1. The molecule has 1 atom stereocenters. The van der Waals surface area contributed by atoms with Crippen LogP contribution in [0.1, 0.15) is 31.1 Å². The molecule has 2 N–H and O–H groups in total. The Morgan fingerprint density at radius 2 is 1.81 bits per heavy atom. The lowest BCUT2D eigenvalue weighted by molar-refractivity contribution is -0.384. The third-order valence-corrected chi connectivity index (χ3v) is 3.20. The molecule has 1 rings (SSSR count). The Balaban J connectivity index is 2.92. The van der Waals surface area contributed by atoms with E-state index >= 15 is 0 Å². The number of anilines is 1. The number of imide groups is 1. The van der Waals surface area contributed by atoms with Crippen molar-refractivity contribution in [2.75, 3.05) is 19.0 Å². The van der Waals surface area contributed by atoms with Crippen molar-refractivity contribution in [3.05, 3.63) is 33.9 Å². The van der Waals surface area contributed by atoms with Crippen LogP contribution < -0.4 is 15.5 Å². The lowest BCUT2D eigenvalue weighted by Gasteiger charge is -2.18. The number of carbonyl (C=O) groups is 3. The van der Waals surface area contributed by atoms with Crippen molar-refractivity contribution in [3.8, 4) is 0 Å². The van der Waals surface area contributed by atoms with Gasteiger partial charge >= 0.3 is 12.0 Å². The minimum atomic E-state index is -1.27. The fourth-order valence-corrected chi connectivity index (χ4v) is 1.98. The Morgan fingerprint density at radius 3 is 2.31 bits per heavy atom. The highest BCUT2D eigenvalue weighted by molar-refractivity contribution is 6.00.